The minimum Gasteiger partial charge on any atom is -0.294 e. The van der Waals surface area contributed by atoms with Crippen molar-refractivity contribution in [3.63, 3.8) is 0 Å². The molecule has 2 aliphatic heterocycles. The molecule has 112 valence electrons. The van der Waals surface area contributed by atoms with Crippen LogP contribution in [0.3, 0.4) is 0 Å². The van der Waals surface area contributed by atoms with E-state index in [0.717, 1.165) is 12.8 Å². The van der Waals surface area contributed by atoms with Gasteiger partial charge in [-0.3, -0.25) is 20.9 Å². The fourth-order valence-electron chi connectivity index (χ4n) is 2.80. The zero-order valence-electron chi connectivity index (χ0n) is 11.5. The number of nitrogens with zero attached hydrogens (tertiary/aromatic N) is 2. The van der Waals surface area contributed by atoms with Gasteiger partial charge in [0.2, 0.25) is 5.91 Å². The molecule has 0 aliphatic carbocycles. The maximum atomic E-state index is 11.7. The van der Waals surface area contributed by atoms with Crippen molar-refractivity contribution in [3.05, 3.63) is 9.69 Å². The summed E-state index contributed by atoms with van der Waals surface area (Å²) in [5, 5.41) is 5.39. The van der Waals surface area contributed by atoms with E-state index < -0.39 is 11.3 Å². The van der Waals surface area contributed by atoms with Crippen LogP contribution >= 0.6 is 11.8 Å². The number of carbonyl (C=O) groups excluding carboxylic acids is 2. The molecule has 5 N–H and O–H groups in total. The predicted octanol–water partition coefficient (Wildman–Crippen LogP) is 0.283. The lowest BCUT2D eigenvalue weighted by Crippen LogP contribution is -2.58. The van der Waals surface area contributed by atoms with E-state index in [1.807, 2.05) is 0 Å². The maximum Gasteiger partial charge on any atom is 0.470 e. The lowest BCUT2D eigenvalue weighted by molar-refractivity contribution is -0.121. The second kappa shape index (κ2) is 5.80. The van der Waals surface area contributed by atoms with E-state index in [-0.39, 0.29) is 17.2 Å². The molecule has 2 fully saturated rings. The molecule has 21 heavy (non-hydrogen) atoms. The topological polar surface area (TPSA) is 105 Å². The molecule has 2 aliphatic rings. The van der Waals surface area contributed by atoms with Crippen LogP contribution in [0.15, 0.2) is 0 Å². The molecule has 1 unspecified atom stereocenters. The highest BCUT2D eigenvalue weighted by Crippen LogP contribution is 2.49. The van der Waals surface area contributed by atoms with Gasteiger partial charge >= 0.3 is 17.4 Å². The number of nitrogens with two attached hydrogens (primary N) is 1. The van der Waals surface area contributed by atoms with Gasteiger partial charge in [0.1, 0.15) is 11.0 Å². The number of hydrogen-bond donors (Lipinski definition) is 4. The third-order valence-corrected chi connectivity index (χ3v) is 5.48. The Kier molecular flexibility index (Phi) is 4.26. The molecule has 3 atom stereocenters. The fourth-order valence-corrected chi connectivity index (χ4v) is 4.49. The van der Waals surface area contributed by atoms with Crippen molar-refractivity contribution >= 4 is 23.7 Å². The van der Waals surface area contributed by atoms with Gasteiger partial charge in [0.25, 0.3) is 13.1 Å². The summed E-state index contributed by atoms with van der Waals surface area (Å²) in [6.07, 6.45) is 2.55. The number of urea groups is 1. The van der Waals surface area contributed by atoms with E-state index in [9.17, 15) is 9.59 Å². The highest BCUT2D eigenvalue weighted by atomic mass is 32.2. The van der Waals surface area contributed by atoms with Crippen LogP contribution in [0.2, 0.25) is 0 Å². The molecule has 0 spiro atoms. The fraction of sp³-hybridized carbons (Fsp3) is 0.667. The highest BCUT2D eigenvalue weighted by Gasteiger charge is 2.84. The highest BCUT2D eigenvalue weighted by molar-refractivity contribution is 8.00. The Bertz CT molecular complexity index is 541. The zero-order chi connectivity index (χ0) is 15.5. The van der Waals surface area contributed by atoms with Crippen LogP contribution in [0.5, 0.6) is 0 Å². The van der Waals surface area contributed by atoms with Gasteiger partial charge in [0.05, 0.1) is 0 Å². The first-order chi connectivity index (χ1) is 10.0. The van der Waals surface area contributed by atoms with E-state index in [1.54, 1.807) is 11.8 Å². The van der Waals surface area contributed by atoms with Crippen molar-refractivity contribution in [2.75, 3.05) is 5.75 Å². The normalized spacial score (nSPS) is 33.3. The van der Waals surface area contributed by atoms with Gasteiger partial charge < -0.3 is 0 Å². The Morgan fingerprint density at radius 3 is 2.81 bits per heavy atom. The average molecular weight is 310 g/mol. The molecule has 0 aromatic heterocycles. The number of thioether (sulfide) groups is 1. The van der Waals surface area contributed by atoms with Crippen molar-refractivity contribution in [1.82, 2.24) is 16.1 Å². The smallest absolute Gasteiger partial charge is 0.294 e. The molecule has 3 amide bonds. The molecule has 2 saturated heterocycles. The quantitative estimate of drug-likeness (QED) is 0.192. The summed E-state index contributed by atoms with van der Waals surface area (Å²) in [6, 6.07) is -0.383. The van der Waals surface area contributed by atoms with E-state index in [2.05, 4.69) is 25.7 Å². The minimum atomic E-state index is -1.04. The Morgan fingerprint density at radius 2 is 2.19 bits per heavy atom. The first-order valence-electron chi connectivity index (χ1n) is 6.59. The summed E-state index contributed by atoms with van der Waals surface area (Å²) in [4.78, 5) is 30.5. The largest absolute Gasteiger partial charge is 0.470 e. The summed E-state index contributed by atoms with van der Waals surface area (Å²) in [5.41, 5.74) is 0.0357. The number of rotatable bonds is 5. The first kappa shape index (κ1) is 15.4. The zero-order valence-corrected chi connectivity index (χ0v) is 12.3. The standard InChI is InChI=1S/C12H16N6O2S/c1-14-11-7-21-8(5-3-4-6-9(19)18-13)12(11,15-2)17-10(20)16-11/h1-2,8H,3-7,13H2,(H-2,16,17,18,19,20)/p+2/t8?,11-,12+/m0/s1. The average Bonchev–Trinajstić information content (AvgIpc) is 2.93. The van der Waals surface area contributed by atoms with E-state index in [0.29, 0.717) is 18.6 Å². The van der Waals surface area contributed by atoms with Gasteiger partial charge in [-0.15, -0.1) is 11.8 Å². The summed E-state index contributed by atoms with van der Waals surface area (Å²) < 4.78 is 0. The van der Waals surface area contributed by atoms with Crippen LogP contribution in [-0.4, -0.2) is 34.3 Å². The number of fused-ring (bicyclic) bond motifs is 1. The number of hydrazine groups is 1. The monoisotopic (exact) mass is 310 g/mol. The number of carbonyl (C=O) groups is 2. The minimum absolute atomic E-state index is 0.0605. The summed E-state index contributed by atoms with van der Waals surface area (Å²) in [6.45, 7) is 11.0. The molecule has 0 aromatic rings. The van der Waals surface area contributed by atoms with Gasteiger partial charge in [0.15, 0.2) is 0 Å². The van der Waals surface area contributed by atoms with Crippen molar-refractivity contribution < 1.29 is 9.59 Å². The number of hydrogen-bond acceptors (Lipinski definition) is 4. The second-order valence-electron chi connectivity index (χ2n) is 5.08. The molecule has 2 rings (SSSR count). The van der Waals surface area contributed by atoms with Gasteiger partial charge in [-0.25, -0.2) is 10.6 Å². The van der Waals surface area contributed by atoms with Crippen LogP contribution in [0.1, 0.15) is 25.7 Å². The van der Waals surface area contributed by atoms with Crippen LogP contribution in [0.4, 0.5) is 4.79 Å². The van der Waals surface area contributed by atoms with Crippen LogP contribution in [-0.2, 0) is 4.79 Å². The van der Waals surface area contributed by atoms with Crippen molar-refractivity contribution in [1.29, 1.82) is 0 Å². The predicted molar refractivity (Wildman–Crippen MR) is 80.8 cm³/mol. The third kappa shape index (κ3) is 2.39. The van der Waals surface area contributed by atoms with Crippen LogP contribution < -0.4 is 21.9 Å². The van der Waals surface area contributed by atoms with E-state index >= 15 is 0 Å². The number of nitrogens with one attached hydrogen (secondary N) is 3. The van der Waals surface area contributed by atoms with Crippen molar-refractivity contribution in [2.24, 2.45) is 5.84 Å². The molecular formula is C12H18N6O2S+2. The third-order valence-electron chi connectivity index (χ3n) is 3.92. The Labute approximate surface area is 126 Å². The van der Waals surface area contributed by atoms with Crippen molar-refractivity contribution in [2.45, 2.75) is 42.3 Å². The van der Waals surface area contributed by atoms with Crippen LogP contribution in [0, 0.1) is 13.1 Å². The van der Waals surface area contributed by atoms with E-state index in [1.165, 1.54) is 0 Å². The molecule has 0 bridgehead atoms. The van der Waals surface area contributed by atoms with Gasteiger partial charge in [-0.1, -0.05) is 6.42 Å². The lowest BCUT2D eigenvalue weighted by Gasteiger charge is -2.16. The van der Waals surface area contributed by atoms with E-state index in [4.69, 9.17) is 19.0 Å². The van der Waals surface area contributed by atoms with Crippen LogP contribution in [0.25, 0.3) is 9.69 Å². The summed E-state index contributed by atoms with van der Waals surface area (Å²) >= 11 is 1.60. The summed E-state index contributed by atoms with van der Waals surface area (Å²) in [5.74, 6) is 5.32. The molecule has 9 heteroatoms. The molecule has 8 nitrogen and oxygen atoms in total. The molecule has 0 radical (unpaired) electrons. The number of unbranched alkanes of at least 4 members (excludes halogenated alkanes) is 1. The molecule has 0 saturated carbocycles. The summed E-state index contributed by atoms with van der Waals surface area (Å²) in [7, 11) is 0. The number of amides is 3. The molecule has 2 heterocycles. The van der Waals surface area contributed by atoms with Gasteiger partial charge in [-0.2, -0.15) is 0 Å². The SMILES string of the molecule is C#[N+][C@]12CSC(CCCCC(=O)NN)[C@@]1([N+]#C)NC(=O)N2. The Morgan fingerprint density at radius 1 is 1.43 bits per heavy atom. The molecule has 0 aromatic carbocycles. The lowest BCUT2D eigenvalue weighted by atomic mass is 9.91. The second-order valence-corrected chi connectivity index (χ2v) is 6.27. The Balaban J connectivity index is 2.02. The molecular weight excluding hydrogens is 292 g/mol. The Hall–Kier alpha value is -1.97. The maximum absolute atomic E-state index is 11.7. The van der Waals surface area contributed by atoms with Gasteiger partial charge in [-0.05, 0) is 22.5 Å². The van der Waals surface area contributed by atoms with Crippen molar-refractivity contribution in [3.8, 4) is 13.1 Å². The first-order valence-corrected chi connectivity index (χ1v) is 7.64. The van der Waals surface area contributed by atoms with Gasteiger partial charge in [0, 0.05) is 6.42 Å².